The van der Waals surface area contributed by atoms with Crippen LogP contribution in [-0.4, -0.2) is 26.6 Å². The van der Waals surface area contributed by atoms with E-state index in [0.29, 0.717) is 23.2 Å². The van der Waals surface area contributed by atoms with E-state index in [9.17, 15) is 9.59 Å². The zero-order chi connectivity index (χ0) is 22.8. The molecule has 1 aliphatic heterocycles. The minimum absolute atomic E-state index is 0.0577. The van der Waals surface area contributed by atoms with E-state index in [1.165, 1.54) is 4.68 Å². The molecule has 2 amide bonds. The number of carbonyl (C=O) groups is 2. The predicted octanol–water partition coefficient (Wildman–Crippen LogP) is 4.57. The largest absolute Gasteiger partial charge is 0.457 e. The van der Waals surface area contributed by atoms with Crippen LogP contribution in [0.1, 0.15) is 18.0 Å². The van der Waals surface area contributed by atoms with Crippen molar-refractivity contribution in [3.05, 3.63) is 84.4 Å². The Kier molecular flexibility index (Phi) is 5.32. The fourth-order valence-electron chi connectivity index (χ4n) is 3.55. The number of benzene rings is 3. The molecular weight excluding hydrogens is 418 g/mol. The molecule has 3 aromatic carbocycles. The van der Waals surface area contributed by atoms with E-state index in [4.69, 9.17) is 4.74 Å². The van der Waals surface area contributed by atoms with Crippen molar-refractivity contribution in [3.63, 3.8) is 0 Å². The Morgan fingerprint density at radius 2 is 1.70 bits per heavy atom. The van der Waals surface area contributed by atoms with Crippen LogP contribution in [0.25, 0.3) is 11.4 Å². The molecule has 2 heterocycles. The van der Waals surface area contributed by atoms with E-state index in [1.54, 1.807) is 24.3 Å². The lowest BCUT2D eigenvalue weighted by molar-refractivity contribution is -0.123. The Labute approximate surface area is 190 Å². The third-order valence-corrected chi connectivity index (χ3v) is 5.27. The Balaban J connectivity index is 1.24. The van der Waals surface area contributed by atoms with E-state index in [0.717, 1.165) is 16.9 Å². The summed E-state index contributed by atoms with van der Waals surface area (Å²) < 4.78 is 7.24. The summed E-state index contributed by atoms with van der Waals surface area (Å²) in [6.45, 7) is 2.00. The molecule has 1 aliphatic rings. The molecule has 0 saturated heterocycles. The molecule has 0 radical (unpaired) electrons. The number of rotatable bonds is 6. The van der Waals surface area contributed by atoms with Gasteiger partial charge in [0.1, 0.15) is 17.5 Å². The molecule has 1 atom stereocenters. The van der Waals surface area contributed by atoms with Crippen LogP contribution in [0.2, 0.25) is 0 Å². The molecule has 4 aromatic rings. The van der Waals surface area contributed by atoms with Crippen LogP contribution in [0.5, 0.6) is 11.5 Å². The van der Waals surface area contributed by atoms with Crippen molar-refractivity contribution in [2.45, 2.75) is 19.4 Å². The van der Waals surface area contributed by atoms with Crippen molar-refractivity contribution >= 4 is 23.5 Å². The quantitative estimate of drug-likeness (QED) is 0.459. The lowest BCUT2D eigenvalue weighted by Gasteiger charge is -2.11. The Morgan fingerprint density at radius 3 is 2.42 bits per heavy atom. The molecule has 33 heavy (non-hydrogen) atoms. The highest BCUT2D eigenvalue weighted by atomic mass is 16.5. The van der Waals surface area contributed by atoms with Gasteiger partial charge in [0.05, 0.1) is 6.42 Å². The van der Waals surface area contributed by atoms with Crippen molar-refractivity contribution < 1.29 is 14.3 Å². The average molecular weight is 439 g/mol. The number of para-hydroxylation sites is 1. The standard InChI is InChI=1S/C25H21N5O3/c1-16-7-9-17(10-8-16)23-27-25-28-24(32)21(30(25)29-23)15-22(31)26-18-11-13-20(14-12-18)33-19-5-3-2-4-6-19/h2-14,21H,15H2,1H3,(H,26,31)(H,27,28,29,32). The fraction of sp³-hybridized carbons (Fsp3) is 0.120. The molecule has 5 rings (SSSR count). The lowest BCUT2D eigenvalue weighted by Crippen LogP contribution is -2.23. The summed E-state index contributed by atoms with van der Waals surface area (Å²) in [6.07, 6.45) is -0.0577. The number of hydrogen-bond donors (Lipinski definition) is 2. The zero-order valence-electron chi connectivity index (χ0n) is 17.9. The SMILES string of the molecule is Cc1ccc(-c2nc3n(n2)C(CC(=O)Nc2ccc(Oc4ccccc4)cc2)C(=O)N3)cc1. The maximum absolute atomic E-state index is 12.6. The molecular formula is C25H21N5O3. The van der Waals surface area contributed by atoms with E-state index < -0.39 is 6.04 Å². The van der Waals surface area contributed by atoms with Gasteiger partial charge in [-0.25, -0.2) is 4.68 Å². The van der Waals surface area contributed by atoms with Crippen molar-refractivity contribution in [1.29, 1.82) is 0 Å². The second kappa shape index (κ2) is 8.58. The molecule has 0 saturated carbocycles. The average Bonchev–Trinajstić information content (AvgIpc) is 3.35. The highest BCUT2D eigenvalue weighted by Crippen LogP contribution is 2.29. The van der Waals surface area contributed by atoms with Gasteiger partial charge in [0.2, 0.25) is 11.9 Å². The van der Waals surface area contributed by atoms with Gasteiger partial charge in [-0.3, -0.25) is 14.9 Å². The van der Waals surface area contributed by atoms with Gasteiger partial charge in [-0.2, -0.15) is 4.98 Å². The van der Waals surface area contributed by atoms with Crippen LogP contribution in [0.3, 0.4) is 0 Å². The number of amides is 2. The number of fused-ring (bicyclic) bond motifs is 1. The van der Waals surface area contributed by atoms with E-state index in [2.05, 4.69) is 20.7 Å². The highest BCUT2D eigenvalue weighted by molar-refractivity contribution is 6.01. The van der Waals surface area contributed by atoms with Crippen LogP contribution < -0.4 is 15.4 Å². The van der Waals surface area contributed by atoms with Gasteiger partial charge in [-0.15, -0.1) is 5.10 Å². The first-order chi connectivity index (χ1) is 16.0. The fourth-order valence-corrected chi connectivity index (χ4v) is 3.55. The van der Waals surface area contributed by atoms with Crippen LogP contribution in [0.4, 0.5) is 11.6 Å². The van der Waals surface area contributed by atoms with Crippen LogP contribution in [0, 0.1) is 6.92 Å². The number of ether oxygens (including phenoxy) is 1. The minimum atomic E-state index is -0.757. The maximum Gasteiger partial charge on any atom is 0.252 e. The maximum atomic E-state index is 12.6. The number of carbonyl (C=O) groups excluding carboxylic acids is 2. The Morgan fingerprint density at radius 1 is 1.00 bits per heavy atom. The number of nitrogens with zero attached hydrogens (tertiary/aromatic N) is 3. The summed E-state index contributed by atoms with van der Waals surface area (Å²) in [6, 6.07) is 23.5. The molecule has 1 aromatic heterocycles. The predicted molar refractivity (Wildman–Crippen MR) is 124 cm³/mol. The second-order valence-electron chi connectivity index (χ2n) is 7.77. The summed E-state index contributed by atoms with van der Waals surface area (Å²) in [7, 11) is 0. The topological polar surface area (TPSA) is 98.1 Å². The third kappa shape index (κ3) is 4.45. The van der Waals surface area contributed by atoms with Crippen LogP contribution >= 0.6 is 0 Å². The van der Waals surface area contributed by atoms with Crippen molar-refractivity contribution in [3.8, 4) is 22.9 Å². The third-order valence-electron chi connectivity index (χ3n) is 5.27. The molecule has 8 heteroatoms. The summed E-state index contributed by atoms with van der Waals surface area (Å²) in [5.41, 5.74) is 2.59. The molecule has 0 bridgehead atoms. The van der Waals surface area contributed by atoms with Gasteiger partial charge in [-0.1, -0.05) is 48.0 Å². The van der Waals surface area contributed by atoms with Gasteiger partial charge in [0.15, 0.2) is 5.82 Å². The summed E-state index contributed by atoms with van der Waals surface area (Å²) in [4.78, 5) is 29.4. The van der Waals surface area contributed by atoms with Gasteiger partial charge < -0.3 is 10.1 Å². The Bertz CT molecular complexity index is 1300. The number of aryl methyl sites for hydroxylation is 1. The summed E-state index contributed by atoms with van der Waals surface area (Å²) in [5.74, 6) is 1.63. The van der Waals surface area contributed by atoms with Gasteiger partial charge in [-0.05, 0) is 43.3 Å². The molecule has 0 aliphatic carbocycles. The number of nitrogens with one attached hydrogen (secondary N) is 2. The first-order valence-corrected chi connectivity index (χ1v) is 10.5. The molecule has 0 spiro atoms. The first kappa shape index (κ1) is 20.4. The van der Waals surface area contributed by atoms with Crippen LogP contribution in [0.15, 0.2) is 78.9 Å². The first-order valence-electron chi connectivity index (χ1n) is 10.5. The normalized spacial score (nSPS) is 14.5. The highest BCUT2D eigenvalue weighted by Gasteiger charge is 2.35. The number of aromatic nitrogens is 3. The minimum Gasteiger partial charge on any atom is -0.457 e. The van der Waals surface area contributed by atoms with Gasteiger partial charge in [0.25, 0.3) is 5.91 Å². The smallest absolute Gasteiger partial charge is 0.252 e. The van der Waals surface area contributed by atoms with Crippen LogP contribution in [-0.2, 0) is 9.59 Å². The number of hydrogen-bond acceptors (Lipinski definition) is 5. The van der Waals surface area contributed by atoms with E-state index in [1.807, 2.05) is 61.5 Å². The molecule has 0 fully saturated rings. The lowest BCUT2D eigenvalue weighted by atomic mass is 10.1. The van der Waals surface area contributed by atoms with Gasteiger partial charge >= 0.3 is 0 Å². The molecule has 2 N–H and O–H groups in total. The zero-order valence-corrected chi connectivity index (χ0v) is 17.9. The van der Waals surface area contributed by atoms with Crippen molar-refractivity contribution in [2.24, 2.45) is 0 Å². The summed E-state index contributed by atoms with van der Waals surface area (Å²) >= 11 is 0. The second-order valence-corrected chi connectivity index (χ2v) is 7.77. The van der Waals surface area contributed by atoms with E-state index >= 15 is 0 Å². The molecule has 8 nitrogen and oxygen atoms in total. The monoisotopic (exact) mass is 439 g/mol. The summed E-state index contributed by atoms with van der Waals surface area (Å²) in [5, 5.41) is 9.98. The number of anilines is 2. The molecule has 164 valence electrons. The molecule has 1 unspecified atom stereocenters. The van der Waals surface area contributed by atoms with Gasteiger partial charge in [0, 0.05) is 11.3 Å². The van der Waals surface area contributed by atoms with E-state index in [-0.39, 0.29) is 18.2 Å². The Hall–Kier alpha value is -4.46. The van der Waals surface area contributed by atoms with Crippen molar-refractivity contribution in [2.75, 3.05) is 10.6 Å². The van der Waals surface area contributed by atoms with Crippen molar-refractivity contribution in [1.82, 2.24) is 14.8 Å².